The number of H-pyrrole nitrogens is 1. The van der Waals surface area contributed by atoms with Crippen LogP contribution in [0.4, 0.5) is 16.0 Å². The molecule has 0 atom stereocenters. The SMILES string of the molecule is NC1(CCNc2nc3nccc(C(=Nc4ccc(F)c(Cl)c4)NO)c3[nH]2)CC1. The molecule has 1 saturated carbocycles. The van der Waals surface area contributed by atoms with Gasteiger partial charge >= 0.3 is 0 Å². The molecule has 1 aliphatic carbocycles. The molecule has 0 unspecified atom stereocenters. The average molecular weight is 404 g/mol. The Kier molecular flexibility index (Phi) is 4.88. The van der Waals surface area contributed by atoms with E-state index < -0.39 is 5.82 Å². The summed E-state index contributed by atoms with van der Waals surface area (Å²) in [6.07, 6.45) is 4.53. The minimum absolute atomic E-state index is 0.0422. The molecule has 0 radical (unpaired) electrons. The van der Waals surface area contributed by atoms with Crippen LogP contribution in [0.5, 0.6) is 0 Å². The second kappa shape index (κ2) is 7.34. The summed E-state index contributed by atoms with van der Waals surface area (Å²) in [5.74, 6) is 0.158. The fourth-order valence-electron chi connectivity index (χ4n) is 2.86. The number of amidine groups is 1. The van der Waals surface area contributed by atoms with E-state index in [0.717, 1.165) is 19.3 Å². The van der Waals surface area contributed by atoms with Gasteiger partial charge in [-0.25, -0.2) is 14.4 Å². The molecule has 0 saturated heterocycles. The van der Waals surface area contributed by atoms with Gasteiger partial charge in [-0.15, -0.1) is 0 Å². The van der Waals surface area contributed by atoms with Crippen molar-refractivity contribution in [3.8, 4) is 0 Å². The lowest BCUT2D eigenvalue weighted by Gasteiger charge is -2.08. The number of nitrogens with zero attached hydrogens (tertiary/aromatic N) is 3. The van der Waals surface area contributed by atoms with E-state index in [1.165, 1.54) is 18.2 Å². The normalized spacial score (nSPS) is 15.6. The molecule has 28 heavy (non-hydrogen) atoms. The van der Waals surface area contributed by atoms with Gasteiger partial charge in [0.05, 0.1) is 16.2 Å². The van der Waals surface area contributed by atoms with E-state index >= 15 is 0 Å². The van der Waals surface area contributed by atoms with Crippen molar-refractivity contribution in [2.45, 2.75) is 24.8 Å². The minimum Gasteiger partial charge on any atom is -0.356 e. The molecule has 0 amide bonds. The summed E-state index contributed by atoms with van der Waals surface area (Å²) in [6, 6.07) is 5.71. The minimum atomic E-state index is -0.542. The lowest BCUT2D eigenvalue weighted by molar-refractivity contribution is 0.235. The zero-order chi connectivity index (χ0) is 19.7. The lowest BCUT2D eigenvalue weighted by Crippen LogP contribution is -2.25. The maximum absolute atomic E-state index is 13.3. The third-order valence-electron chi connectivity index (χ3n) is 4.70. The van der Waals surface area contributed by atoms with Crippen molar-refractivity contribution in [3.05, 3.63) is 46.9 Å². The highest BCUT2D eigenvalue weighted by Gasteiger charge is 2.37. The molecule has 0 aliphatic heterocycles. The van der Waals surface area contributed by atoms with Crippen molar-refractivity contribution >= 4 is 40.2 Å². The van der Waals surface area contributed by atoms with Crippen LogP contribution in [0.1, 0.15) is 24.8 Å². The second-order valence-corrected chi connectivity index (χ2v) is 7.26. The number of nitrogens with one attached hydrogen (secondary N) is 3. The van der Waals surface area contributed by atoms with Gasteiger partial charge < -0.3 is 16.0 Å². The standard InChI is InChI=1S/C18H19ClFN7O/c19-12-9-10(1-2-13(12)20)24-15(27-28)11-3-7-22-16-14(11)25-17(26-16)23-8-6-18(21)4-5-18/h1-3,7,9,28H,4-6,8,21H2,(H,24,27)(H2,22,23,25,26). The summed E-state index contributed by atoms with van der Waals surface area (Å²) in [6.45, 7) is 0.693. The summed E-state index contributed by atoms with van der Waals surface area (Å²) in [4.78, 5) is 16.1. The van der Waals surface area contributed by atoms with E-state index in [-0.39, 0.29) is 16.4 Å². The monoisotopic (exact) mass is 403 g/mol. The van der Waals surface area contributed by atoms with E-state index in [2.05, 4.69) is 30.7 Å². The highest BCUT2D eigenvalue weighted by atomic mass is 35.5. The quantitative estimate of drug-likeness (QED) is 0.245. The largest absolute Gasteiger partial charge is 0.356 e. The lowest BCUT2D eigenvalue weighted by atomic mass is 10.2. The van der Waals surface area contributed by atoms with Crippen molar-refractivity contribution in [3.63, 3.8) is 0 Å². The summed E-state index contributed by atoms with van der Waals surface area (Å²) in [5.41, 5.74) is 10.1. The van der Waals surface area contributed by atoms with Crippen LogP contribution in [0.15, 0.2) is 35.5 Å². The molecule has 0 bridgehead atoms. The predicted molar refractivity (Wildman–Crippen MR) is 106 cm³/mol. The van der Waals surface area contributed by atoms with E-state index in [4.69, 9.17) is 17.3 Å². The van der Waals surface area contributed by atoms with Crippen LogP contribution < -0.4 is 16.5 Å². The van der Waals surface area contributed by atoms with E-state index in [0.29, 0.717) is 34.9 Å². The first-order valence-electron chi connectivity index (χ1n) is 8.79. The molecule has 10 heteroatoms. The Labute approximate surface area is 165 Å². The fourth-order valence-corrected chi connectivity index (χ4v) is 3.04. The first-order chi connectivity index (χ1) is 13.5. The molecular weight excluding hydrogens is 385 g/mol. The fraction of sp³-hybridized carbons (Fsp3) is 0.278. The molecule has 146 valence electrons. The van der Waals surface area contributed by atoms with E-state index in [1.54, 1.807) is 12.3 Å². The van der Waals surface area contributed by atoms with E-state index in [1.807, 2.05) is 0 Å². The molecule has 1 aliphatic rings. The predicted octanol–water partition coefficient (Wildman–Crippen LogP) is 3.10. The van der Waals surface area contributed by atoms with E-state index in [9.17, 15) is 9.60 Å². The zero-order valence-electron chi connectivity index (χ0n) is 14.8. The topological polar surface area (TPSA) is 124 Å². The molecule has 2 aromatic heterocycles. The number of hydroxylamine groups is 1. The second-order valence-electron chi connectivity index (χ2n) is 6.85. The third-order valence-corrected chi connectivity index (χ3v) is 4.99. The van der Waals surface area contributed by atoms with Gasteiger partial charge in [0.2, 0.25) is 5.95 Å². The molecule has 6 N–H and O–H groups in total. The van der Waals surface area contributed by atoms with Crippen LogP contribution >= 0.6 is 11.6 Å². The Balaban J connectivity index is 1.62. The van der Waals surface area contributed by atoms with Crippen LogP contribution in [0.2, 0.25) is 5.02 Å². The number of pyridine rings is 1. The van der Waals surface area contributed by atoms with Gasteiger partial charge in [0.25, 0.3) is 0 Å². The number of aliphatic imine (C=N–C) groups is 1. The number of nitrogens with two attached hydrogens (primary N) is 1. The Morgan fingerprint density at radius 2 is 2.21 bits per heavy atom. The number of rotatable bonds is 6. The van der Waals surface area contributed by atoms with Gasteiger partial charge in [-0.1, -0.05) is 11.6 Å². The summed E-state index contributed by atoms with van der Waals surface area (Å²) in [5, 5.41) is 12.8. The molecule has 0 spiro atoms. The van der Waals surface area contributed by atoms with Crippen molar-refractivity contribution in [2.75, 3.05) is 11.9 Å². The van der Waals surface area contributed by atoms with Crippen molar-refractivity contribution in [1.29, 1.82) is 0 Å². The highest BCUT2D eigenvalue weighted by molar-refractivity contribution is 6.31. The number of anilines is 1. The Morgan fingerprint density at radius 3 is 2.93 bits per heavy atom. The maximum Gasteiger partial charge on any atom is 0.202 e. The Bertz CT molecular complexity index is 1050. The number of fused-ring (bicyclic) bond motifs is 1. The van der Waals surface area contributed by atoms with Crippen molar-refractivity contribution < 1.29 is 9.60 Å². The van der Waals surface area contributed by atoms with Gasteiger partial charge in [0, 0.05) is 23.8 Å². The Morgan fingerprint density at radius 1 is 1.39 bits per heavy atom. The number of hydrogen-bond acceptors (Lipinski definition) is 6. The molecule has 3 aromatic rings. The number of aromatic amines is 1. The third kappa shape index (κ3) is 3.91. The summed E-state index contributed by atoms with van der Waals surface area (Å²) < 4.78 is 13.3. The number of halogens is 2. The first-order valence-corrected chi connectivity index (χ1v) is 9.17. The van der Waals surface area contributed by atoms with Crippen LogP contribution in [0.25, 0.3) is 11.2 Å². The van der Waals surface area contributed by atoms with Gasteiger partial charge in [-0.2, -0.15) is 4.98 Å². The molecule has 4 rings (SSSR count). The van der Waals surface area contributed by atoms with Crippen molar-refractivity contribution in [2.24, 2.45) is 10.7 Å². The summed E-state index contributed by atoms with van der Waals surface area (Å²) in [7, 11) is 0. The first kappa shape index (κ1) is 18.6. The zero-order valence-corrected chi connectivity index (χ0v) is 15.6. The number of hydrogen-bond donors (Lipinski definition) is 5. The van der Waals surface area contributed by atoms with Crippen LogP contribution in [-0.2, 0) is 0 Å². The van der Waals surface area contributed by atoms with Crippen LogP contribution in [-0.4, -0.2) is 38.1 Å². The highest BCUT2D eigenvalue weighted by Crippen LogP contribution is 2.35. The molecule has 1 fully saturated rings. The maximum atomic E-state index is 13.3. The van der Waals surface area contributed by atoms with Crippen LogP contribution in [0.3, 0.4) is 0 Å². The molecule has 2 heterocycles. The number of aromatic nitrogens is 3. The smallest absolute Gasteiger partial charge is 0.202 e. The van der Waals surface area contributed by atoms with Gasteiger partial charge in [0.15, 0.2) is 11.5 Å². The van der Waals surface area contributed by atoms with Gasteiger partial charge in [-0.3, -0.25) is 10.7 Å². The molecular formula is C18H19ClFN7O. The number of benzene rings is 1. The van der Waals surface area contributed by atoms with Gasteiger partial charge in [-0.05, 0) is 43.5 Å². The Hall–Kier alpha value is -2.75. The number of imidazole rings is 1. The molecule has 1 aromatic carbocycles. The van der Waals surface area contributed by atoms with Crippen LogP contribution in [0, 0.1) is 5.82 Å². The average Bonchev–Trinajstić information content (AvgIpc) is 3.25. The van der Waals surface area contributed by atoms with Gasteiger partial charge in [0.1, 0.15) is 5.82 Å². The van der Waals surface area contributed by atoms with Crippen molar-refractivity contribution in [1.82, 2.24) is 20.4 Å². The summed E-state index contributed by atoms with van der Waals surface area (Å²) >= 11 is 5.80. The molecule has 8 nitrogen and oxygen atoms in total.